The lowest BCUT2D eigenvalue weighted by Crippen LogP contribution is -2.38. The van der Waals surface area contributed by atoms with E-state index in [1.165, 1.54) is 0 Å². The van der Waals surface area contributed by atoms with E-state index in [4.69, 9.17) is 4.98 Å². The van der Waals surface area contributed by atoms with Crippen molar-refractivity contribution >= 4 is 34.0 Å². The van der Waals surface area contributed by atoms with Crippen molar-refractivity contribution in [2.75, 3.05) is 23.3 Å². The number of hydrogen-bond acceptors (Lipinski definition) is 3. The van der Waals surface area contributed by atoms with Crippen molar-refractivity contribution in [1.82, 2.24) is 9.38 Å². The van der Waals surface area contributed by atoms with Gasteiger partial charge in [-0.25, -0.2) is 4.98 Å². The number of carbonyl (C=O) groups excluding carboxylic acids is 1. The number of benzene rings is 2. The number of rotatable bonds is 3. The Morgan fingerprint density at radius 1 is 1.00 bits per heavy atom. The van der Waals surface area contributed by atoms with E-state index in [0.717, 1.165) is 65.1 Å². The first-order valence-electron chi connectivity index (χ1n) is 10.6. The van der Waals surface area contributed by atoms with Crippen molar-refractivity contribution < 1.29 is 4.79 Å². The molecule has 0 atom stereocenters. The number of hydrogen-bond donors (Lipinski definition) is 1. The van der Waals surface area contributed by atoms with Crippen molar-refractivity contribution in [2.45, 2.75) is 26.7 Å². The van der Waals surface area contributed by atoms with E-state index in [2.05, 4.69) is 57.2 Å². The fourth-order valence-corrected chi connectivity index (χ4v) is 4.40. The first-order valence-corrected chi connectivity index (χ1v) is 10.6. The molecule has 0 aliphatic carbocycles. The SMILES string of the molecule is Cc1ccc(C)c(NC(=O)C2CCN(c3nc4ccccc4n4cccc34)CC2)c1. The zero-order chi connectivity index (χ0) is 20.7. The second-order valence-electron chi connectivity index (χ2n) is 8.26. The van der Waals surface area contributed by atoms with E-state index in [-0.39, 0.29) is 11.8 Å². The molecule has 0 bridgehead atoms. The number of piperidine rings is 1. The summed E-state index contributed by atoms with van der Waals surface area (Å²) < 4.78 is 2.21. The monoisotopic (exact) mass is 398 g/mol. The normalized spacial score (nSPS) is 15.1. The number of carbonyl (C=O) groups is 1. The van der Waals surface area contributed by atoms with Gasteiger partial charge < -0.3 is 14.6 Å². The molecule has 0 spiro atoms. The van der Waals surface area contributed by atoms with E-state index < -0.39 is 0 Å². The van der Waals surface area contributed by atoms with Gasteiger partial charge in [0, 0.05) is 30.9 Å². The molecule has 5 rings (SSSR count). The van der Waals surface area contributed by atoms with Crippen molar-refractivity contribution in [3.63, 3.8) is 0 Å². The molecule has 1 saturated heterocycles. The Labute approximate surface area is 176 Å². The Balaban J connectivity index is 1.34. The minimum atomic E-state index is 0.0319. The van der Waals surface area contributed by atoms with E-state index in [9.17, 15) is 4.79 Å². The van der Waals surface area contributed by atoms with Crippen molar-refractivity contribution in [1.29, 1.82) is 0 Å². The summed E-state index contributed by atoms with van der Waals surface area (Å²) in [5.74, 6) is 1.17. The highest BCUT2D eigenvalue weighted by molar-refractivity contribution is 5.93. The summed E-state index contributed by atoms with van der Waals surface area (Å²) in [5, 5.41) is 3.15. The maximum absolute atomic E-state index is 12.9. The molecule has 3 heterocycles. The van der Waals surface area contributed by atoms with E-state index in [1.54, 1.807) is 0 Å². The molecule has 2 aromatic heterocycles. The molecule has 5 heteroatoms. The maximum Gasteiger partial charge on any atom is 0.227 e. The number of fused-ring (bicyclic) bond motifs is 3. The fraction of sp³-hybridized carbons (Fsp3) is 0.280. The quantitative estimate of drug-likeness (QED) is 0.531. The van der Waals surface area contributed by atoms with Gasteiger partial charge in [-0.2, -0.15) is 0 Å². The van der Waals surface area contributed by atoms with Crippen LogP contribution in [0.5, 0.6) is 0 Å². The molecule has 0 radical (unpaired) electrons. The molecule has 1 aliphatic heterocycles. The van der Waals surface area contributed by atoms with Gasteiger partial charge in [0.15, 0.2) is 5.82 Å². The standard InChI is InChI=1S/C25H26N4O/c1-17-9-10-18(2)21(16-17)27-25(30)19-11-14-28(15-12-19)24-23-8-5-13-29(23)22-7-4-3-6-20(22)26-24/h3-10,13,16,19H,11-12,14-15H2,1-2H3,(H,27,30). The van der Waals surface area contributed by atoms with Gasteiger partial charge >= 0.3 is 0 Å². The van der Waals surface area contributed by atoms with E-state index in [1.807, 2.05) is 32.0 Å². The Morgan fingerprint density at radius 2 is 1.77 bits per heavy atom. The molecule has 0 unspecified atom stereocenters. The average molecular weight is 399 g/mol. The van der Waals surface area contributed by atoms with Crippen LogP contribution in [0.3, 0.4) is 0 Å². The summed E-state index contributed by atoms with van der Waals surface area (Å²) in [6.07, 6.45) is 3.75. The molecule has 5 nitrogen and oxygen atoms in total. The van der Waals surface area contributed by atoms with Gasteiger partial charge in [-0.15, -0.1) is 0 Å². The van der Waals surface area contributed by atoms with Crippen LogP contribution in [0.1, 0.15) is 24.0 Å². The van der Waals surface area contributed by atoms with E-state index >= 15 is 0 Å². The van der Waals surface area contributed by atoms with Crippen molar-refractivity contribution in [3.8, 4) is 0 Å². The number of para-hydroxylation sites is 2. The predicted octanol–water partition coefficient (Wildman–Crippen LogP) is 4.96. The third-order valence-electron chi connectivity index (χ3n) is 6.16. The molecule has 1 aliphatic rings. The molecular formula is C25H26N4O. The number of aromatic nitrogens is 2. The first-order chi connectivity index (χ1) is 14.6. The van der Waals surface area contributed by atoms with Gasteiger partial charge in [-0.3, -0.25) is 4.79 Å². The predicted molar refractivity (Wildman–Crippen MR) is 122 cm³/mol. The number of nitrogens with zero attached hydrogens (tertiary/aromatic N) is 3. The summed E-state index contributed by atoms with van der Waals surface area (Å²) in [6.45, 7) is 5.74. The maximum atomic E-state index is 12.9. The van der Waals surface area contributed by atoms with Crippen LogP contribution >= 0.6 is 0 Å². The molecule has 152 valence electrons. The first kappa shape index (κ1) is 18.7. The van der Waals surface area contributed by atoms with Gasteiger partial charge in [0.05, 0.1) is 16.6 Å². The van der Waals surface area contributed by atoms with Crippen LogP contribution in [0.2, 0.25) is 0 Å². The number of amides is 1. The summed E-state index contributed by atoms with van der Waals surface area (Å²) in [6, 6.07) is 18.6. The van der Waals surface area contributed by atoms with Crippen LogP contribution < -0.4 is 10.2 Å². The molecule has 1 N–H and O–H groups in total. The van der Waals surface area contributed by atoms with Gasteiger partial charge in [0.25, 0.3) is 0 Å². The lowest BCUT2D eigenvalue weighted by molar-refractivity contribution is -0.120. The topological polar surface area (TPSA) is 49.6 Å². The molecule has 2 aromatic carbocycles. The van der Waals surface area contributed by atoms with Crippen LogP contribution in [0.25, 0.3) is 16.6 Å². The third kappa shape index (κ3) is 3.30. The Morgan fingerprint density at radius 3 is 2.60 bits per heavy atom. The average Bonchev–Trinajstić information content (AvgIpc) is 3.26. The molecule has 4 aromatic rings. The highest BCUT2D eigenvalue weighted by Crippen LogP contribution is 2.29. The Hall–Kier alpha value is -3.34. The number of anilines is 2. The van der Waals surface area contributed by atoms with Crippen LogP contribution in [-0.4, -0.2) is 28.4 Å². The van der Waals surface area contributed by atoms with Gasteiger partial charge in [-0.1, -0.05) is 24.3 Å². The van der Waals surface area contributed by atoms with Crippen molar-refractivity contribution in [2.24, 2.45) is 5.92 Å². The molecule has 30 heavy (non-hydrogen) atoms. The second kappa shape index (κ2) is 7.48. The zero-order valence-corrected chi connectivity index (χ0v) is 17.4. The number of aryl methyl sites for hydroxylation is 2. The number of nitrogens with one attached hydrogen (secondary N) is 1. The van der Waals surface area contributed by atoms with Gasteiger partial charge in [0.1, 0.15) is 0 Å². The Kier molecular flexibility index (Phi) is 4.66. The highest BCUT2D eigenvalue weighted by Gasteiger charge is 2.27. The summed E-state index contributed by atoms with van der Waals surface area (Å²) >= 11 is 0. The van der Waals surface area contributed by atoms with Crippen LogP contribution in [-0.2, 0) is 4.79 Å². The zero-order valence-electron chi connectivity index (χ0n) is 17.4. The van der Waals surface area contributed by atoms with Crippen LogP contribution in [0.4, 0.5) is 11.5 Å². The summed E-state index contributed by atoms with van der Waals surface area (Å²) in [4.78, 5) is 20.2. The molecule has 1 fully saturated rings. The Bertz CT molecular complexity index is 1230. The minimum absolute atomic E-state index is 0.0319. The summed E-state index contributed by atoms with van der Waals surface area (Å²) in [5.41, 5.74) is 6.40. The van der Waals surface area contributed by atoms with Crippen LogP contribution in [0.15, 0.2) is 60.8 Å². The molecular weight excluding hydrogens is 372 g/mol. The second-order valence-corrected chi connectivity index (χ2v) is 8.26. The van der Waals surface area contributed by atoms with E-state index in [0.29, 0.717) is 0 Å². The van der Waals surface area contributed by atoms with Crippen LogP contribution in [0, 0.1) is 19.8 Å². The summed E-state index contributed by atoms with van der Waals surface area (Å²) in [7, 11) is 0. The minimum Gasteiger partial charge on any atom is -0.355 e. The largest absolute Gasteiger partial charge is 0.355 e. The third-order valence-corrected chi connectivity index (χ3v) is 6.16. The highest BCUT2D eigenvalue weighted by atomic mass is 16.1. The van der Waals surface area contributed by atoms with Gasteiger partial charge in [0.2, 0.25) is 5.91 Å². The van der Waals surface area contributed by atoms with Crippen molar-refractivity contribution in [3.05, 3.63) is 71.9 Å². The van der Waals surface area contributed by atoms with Gasteiger partial charge in [-0.05, 0) is 68.1 Å². The lowest BCUT2D eigenvalue weighted by atomic mass is 9.95. The smallest absolute Gasteiger partial charge is 0.227 e. The fourth-order valence-electron chi connectivity index (χ4n) is 4.40. The lowest BCUT2D eigenvalue weighted by Gasteiger charge is -2.32. The molecule has 0 saturated carbocycles. The molecule has 1 amide bonds.